The number of nitrogens with one attached hydrogen (secondary N) is 1. The Hall–Kier alpha value is -2.28. The number of benzene rings is 1. The molecule has 0 fully saturated rings. The number of hydrogen-bond donors (Lipinski definition) is 1. The van der Waals surface area contributed by atoms with Gasteiger partial charge in [-0.1, -0.05) is 30.3 Å². The quantitative estimate of drug-likeness (QED) is 0.462. The number of hydrogen-bond acceptors (Lipinski definition) is 5. The predicted octanol–water partition coefficient (Wildman–Crippen LogP) is 5.43. The molecule has 0 bridgehead atoms. The summed E-state index contributed by atoms with van der Waals surface area (Å²) in [6.45, 7) is 7.99. The summed E-state index contributed by atoms with van der Waals surface area (Å²) < 4.78 is 0. The number of aromatic amines is 1. The summed E-state index contributed by atoms with van der Waals surface area (Å²) in [4.78, 5) is 26.0. The molecule has 0 saturated carbocycles. The van der Waals surface area contributed by atoms with Crippen LogP contribution in [-0.2, 0) is 13.1 Å². The zero-order chi connectivity index (χ0) is 19.7. The van der Waals surface area contributed by atoms with Gasteiger partial charge in [0.05, 0.1) is 11.9 Å². The van der Waals surface area contributed by atoms with Gasteiger partial charge >= 0.3 is 0 Å². The average molecular weight is 410 g/mol. The van der Waals surface area contributed by atoms with Crippen molar-refractivity contribution >= 4 is 32.9 Å². The maximum absolute atomic E-state index is 12.7. The van der Waals surface area contributed by atoms with Gasteiger partial charge < -0.3 is 4.98 Å². The number of fused-ring (bicyclic) bond motifs is 1. The molecule has 3 heterocycles. The van der Waals surface area contributed by atoms with Crippen LogP contribution in [0, 0.1) is 6.92 Å². The van der Waals surface area contributed by atoms with Crippen molar-refractivity contribution in [2.45, 2.75) is 39.9 Å². The molecule has 0 radical (unpaired) electrons. The van der Waals surface area contributed by atoms with Crippen LogP contribution in [-0.4, -0.2) is 20.9 Å². The van der Waals surface area contributed by atoms with Crippen molar-refractivity contribution in [2.75, 3.05) is 0 Å². The van der Waals surface area contributed by atoms with E-state index in [9.17, 15) is 4.79 Å². The Labute approximate surface area is 172 Å². The summed E-state index contributed by atoms with van der Waals surface area (Å²) in [5.41, 5.74) is 2.37. The van der Waals surface area contributed by atoms with Gasteiger partial charge in [-0.15, -0.1) is 22.7 Å². The SMILES string of the molecule is Cc1ccsc1CN(Cc1nc2sc(-c3ccccc3)cc2c(=O)[nH]1)C(C)C. The number of rotatable bonds is 6. The fraction of sp³-hybridized carbons (Fsp3) is 0.273. The van der Waals surface area contributed by atoms with Crippen LogP contribution in [0.2, 0.25) is 0 Å². The molecule has 1 aromatic carbocycles. The van der Waals surface area contributed by atoms with Crippen molar-refractivity contribution in [3.63, 3.8) is 0 Å². The second kappa shape index (κ2) is 7.99. The molecular formula is C22H23N3OS2. The van der Waals surface area contributed by atoms with Crippen LogP contribution in [0.4, 0.5) is 0 Å². The van der Waals surface area contributed by atoms with E-state index in [2.05, 4.69) is 54.2 Å². The third-order valence-electron chi connectivity index (χ3n) is 4.91. The van der Waals surface area contributed by atoms with Gasteiger partial charge in [-0.2, -0.15) is 0 Å². The van der Waals surface area contributed by atoms with Crippen molar-refractivity contribution in [2.24, 2.45) is 0 Å². The Kier molecular flexibility index (Phi) is 5.44. The summed E-state index contributed by atoms with van der Waals surface area (Å²) >= 11 is 3.35. The standard InChI is InChI=1S/C22H23N3OS2/c1-14(2)25(12-19-15(3)9-10-27-19)13-20-23-21(26)17-11-18(28-22(17)24-20)16-7-5-4-6-8-16/h4-11,14H,12-13H2,1-3H3,(H,23,24,26). The van der Waals surface area contributed by atoms with E-state index in [1.165, 1.54) is 10.4 Å². The molecular weight excluding hydrogens is 386 g/mol. The van der Waals surface area contributed by atoms with Crippen LogP contribution in [0.15, 0.2) is 52.6 Å². The molecule has 6 heteroatoms. The second-order valence-electron chi connectivity index (χ2n) is 7.23. The lowest BCUT2D eigenvalue weighted by Gasteiger charge is -2.25. The zero-order valence-corrected chi connectivity index (χ0v) is 17.9. The lowest BCUT2D eigenvalue weighted by molar-refractivity contribution is 0.200. The van der Waals surface area contributed by atoms with Gasteiger partial charge in [-0.05, 0) is 49.4 Å². The normalized spacial score (nSPS) is 11.8. The Balaban J connectivity index is 1.64. The largest absolute Gasteiger partial charge is 0.309 e. The Morgan fingerprint density at radius 1 is 1.14 bits per heavy atom. The molecule has 0 atom stereocenters. The fourth-order valence-electron chi connectivity index (χ4n) is 3.16. The van der Waals surface area contributed by atoms with Gasteiger partial charge in [0.15, 0.2) is 0 Å². The van der Waals surface area contributed by atoms with Gasteiger partial charge in [0, 0.05) is 22.3 Å². The maximum atomic E-state index is 12.7. The molecule has 0 aliphatic carbocycles. The lowest BCUT2D eigenvalue weighted by atomic mass is 10.2. The average Bonchev–Trinajstić information content (AvgIpc) is 3.28. The first-order valence-corrected chi connectivity index (χ1v) is 11.1. The van der Waals surface area contributed by atoms with Crippen molar-refractivity contribution in [1.29, 1.82) is 0 Å². The van der Waals surface area contributed by atoms with Crippen LogP contribution >= 0.6 is 22.7 Å². The molecule has 0 aliphatic rings. The van der Waals surface area contributed by atoms with Crippen LogP contribution in [0.3, 0.4) is 0 Å². The van der Waals surface area contributed by atoms with Crippen LogP contribution in [0.5, 0.6) is 0 Å². The highest BCUT2D eigenvalue weighted by molar-refractivity contribution is 7.21. The summed E-state index contributed by atoms with van der Waals surface area (Å²) in [5.74, 6) is 0.724. The highest BCUT2D eigenvalue weighted by Crippen LogP contribution is 2.31. The van der Waals surface area contributed by atoms with E-state index in [1.54, 1.807) is 22.7 Å². The molecule has 0 spiro atoms. The van der Waals surface area contributed by atoms with E-state index >= 15 is 0 Å². The van der Waals surface area contributed by atoms with E-state index in [-0.39, 0.29) is 5.56 Å². The molecule has 0 unspecified atom stereocenters. The van der Waals surface area contributed by atoms with Crippen molar-refractivity contribution < 1.29 is 0 Å². The third kappa shape index (κ3) is 3.94. The predicted molar refractivity (Wildman–Crippen MR) is 119 cm³/mol. The Morgan fingerprint density at radius 3 is 2.61 bits per heavy atom. The van der Waals surface area contributed by atoms with Gasteiger partial charge in [0.2, 0.25) is 0 Å². The summed E-state index contributed by atoms with van der Waals surface area (Å²) in [6, 6.07) is 14.6. The van der Waals surface area contributed by atoms with Crippen molar-refractivity contribution in [3.8, 4) is 10.4 Å². The molecule has 4 rings (SSSR count). The monoisotopic (exact) mass is 409 g/mol. The molecule has 0 amide bonds. The minimum absolute atomic E-state index is 0.0607. The number of nitrogens with zero attached hydrogens (tertiary/aromatic N) is 2. The minimum Gasteiger partial charge on any atom is -0.309 e. The molecule has 0 aliphatic heterocycles. The number of aromatic nitrogens is 2. The zero-order valence-electron chi connectivity index (χ0n) is 16.2. The third-order valence-corrected chi connectivity index (χ3v) is 6.99. The first-order valence-electron chi connectivity index (χ1n) is 9.36. The number of H-pyrrole nitrogens is 1. The van der Waals surface area contributed by atoms with E-state index in [4.69, 9.17) is 4.98 Å². The van der Waals surface area contributed by atoms with Gasteiger partial charge in [0.25, 0.3) is 5.56 Å². The molecule has 144 valence electrons. The van der Waals surface area contributed by atoms with Gasteiger partial charge in [-0.25, -0.2) is 4.98 Å². The van der Waals surface area contributed by atoms with Crippen LogP contribution < -0.4 is 5.56 Å². The highest BCUT2D eigenvalue weighted by Gasteiger charge is 2.16. The summed E-state index contributed by atoms with van der Waals surface area (Å²) in [7, 11) is 0. The topological polar surface area (TPSA) is 49.0 Å². The highest BCUT2D eigenvalue weighted by atomic mass is 32.1. The second-order valence-corrected chi connectivity index (χ2v) is 9.26. The summed E-state index contributed by atoms with van der Waals surface area (Å²) in [6.07, 6.45) is 0. The Morgan fingerprint density at radius 2 is 1.93 bits per heavy atom. The van der Waals surface area contributed by atoms with Gasteiger partial charge in [0.1, 0.15) is 10.7 Å². The first kappa shape index (κ1) is 19.1. The maximum Gasteiger partial charge on any atom is 0.259 e. The molecule has 1 N–H and O–H groups in total. The minimum atomic E-state index is -0.0607. The van der Waals surface area contributed by atoms with Crippen LogP contribution in [0.1, 0.15) is 30.1 Å². The van der Waals surface area contributed by atoms with E-state index < -0.39 is 0 Å². The smallest absolute Gasteiger partial charge is 0.259 e. The number of aryl methyl sites for hydroxylation is 1. The van der Waals surface area contributed by atoms with E-state index in [0.717, 1.165) is 27.6 Å². The molecule has 4 nitrogen and oxygen atoms in total. The number of thiophene rings is 2. The van der Waals surface area contributed by atoms with Crippen molar-refractivity contribution in [1.82, 2.24) is 14.9 Å². The molecule has 4 aromatic rings. The van der Waals surface area contributed by atoms with E-state index in [0.29, 0.717) is 18.0 Å². The summed E-state index contributed by atoms with van der Waals surface area (Å²) in [5, 5.41) is 2.80. The van der Waals surface area contributed by atoms with Crippen molar-refractivity contribution in [3.05, 3.63) is 74.5 Å². The first-order chi connectivity index (χ1) is 13.5. The molecule has 3 aromatic heterocycles. The fourth-order valence-corrected chi connectivity index (χ4v) is 5.15. The Bertz CT molecular complexity index is 1140. The molecule has 0 saturated heterocycles. The molecule has 28 heavy (non-hydrogen) atoms. The van der Waals surface area contributed by atoms with Crippen LogP contribution in [0.25, 0.3) is 20.7 Å². The van der Waals surface area contributed by atoms with Gasteiger partial charge in [-0.3, -0.25) is 9.69 Å². The lowest BCUT2D eigenvalue weighted by Crippen LogP contribution is -2.31. The van der Waals surface area contributed by atoms with E-state index in [1.807, 2.05) is 24.3 Å².